The maximum Gasteiger partial charge on any atom is 0.110 e. The summed E-state index contributed by atoms with van der Waals surface area (Å²) >= 11 is 3.50. The van der Waals surface area contributed by atoms with Crippen molar-refractivity contribution in [1.29, 1.82) is 0 Å². The summed E-state index contributed by atoms with van der Waals surface area (Å²) in [6.07, 6.45) is 2.70. The molecule has 1 N–H and O–H groups in total. The molecule has 2 aromatic heterocycles. The topological polar surface area (TPSA) is 41.6 Å². The van der Waals surface area contributed by atoms with Crippen molar-refractivity contribution in [3.8, 4) is 0 Å². The maximum absolute atomic E-state index is 4.76. The number of imidazole rings is 1. The Morgan fingerprint density at radius 1 is 1.33 bits per heavy atom. The molecule has 0 radical (unpaired) electrons. The van der Waals surface area contributed by atoms with Crippen LogP contribution in [0.4, 0.5) is 0 Å². The van der Waals surface area contributed by atoms with Crippen LogP contribution in [0.2, 0.25) is 0 Å². The van der Waals surface area contributed by atoms with Crippen molar-refractivity contribution < 1.29 is 0 Å². The summed E-state index contributed by atoms with van der Waals surface area (Å²) in [6, 6.07) is 6.16. The summed E-state index contributed by atoms with van der Waals surface area (Å²) in [7, 11) is 0. The van der Waals surface area contributed by atoms with E-state index in [4.69, 9.17) is 4.98 Å². The van der Waals surface area contributed by atoms with E-state index < -0.39 is 0 Å². The number of pyridine rings is 1. The number of H-pyrrole nitrogens is 1. The summed E-state index contributed by atoms with van der Waals surface area (Å²) in [4.78, 5) is 12.4. The van der Waals surface area contributed by atoms with E-state index >= 15 is 0 Å². The van der Waals surface area contributed by atoms with Crippen LogP contribution in [0.1, 0.15) is 19.5 Å². The van der Waals surface area contributed by atoms with Crippen LogP contribution < -0.4 is 0 Å². The SMILES string of the molecule is CC(C)Cc1nc2cc(Br)ccc2c2[nH]cnc12. The van der Waals surface area contributed by atoms with E-state index in [1.807, 2.05) is 6.07 Å². The van der Waals surface area contributed by atoms with Crippen molar-refractivity contribution in [3.63, 3.8) is 0 Å². The van der Waals surface area contributed by atoms with Gasteiger partial charge in [-0.1, -0.05) is 29.8 Å². The van der Waals surface area contributed by atoms with Gasteiger partial charge in [-0.3, -0.25) is 4.98 Å². The van der Waals surface area contributed by atoms with Crippen LogP contribution >= 0.6 is 15.9 Å². The zero-order valence-electron chi connectivity index (χ0n) is 10.4. The molecule has 0 bridgehead atoms. The lowest BCUT2D eigenvalue weighted by Crippen LogP contribution is -1.99. The van der Waals surface area contributed by atoms with E-state index in [1.54, 1.807) is 6.33 Å². The molecule has 0 amide bonds. The number of nitrogens with one attached hydrogen (secondary N) is 1. The van der Waals surface area contributed by atoms with Crippen molar-refractivity contribution in [3.05, 3.63) is 34.7 Å². The number of fused-ring (bicyclic) bond motifs is 3. The Balaban J connectivity index is 2.35. The van der Waals surface area contributed by atoms with E-state index in [2.05, 4.69) is 51.9 Å². The van der Waals surface area contributed by atoms with E-state index in [0.29, 0.717) is 5.92 Å². The van der Waals surface area contributed by atoms with Gasteiger partial charge in [0.25, 0.3) is 0 Å². The molecule has 0 unspecified atom stereocenters. The van der Waals surface area contributed by atoms with Crippen LogP contribution in [0.25, 0.3) is 21.9 Å². The van der Waals surface area contributed by atoms with E-state index in [1.165, 1.54) is 0 Å². The molecule has 92 valence electrons. The number of aromatic amines is 1. The molecule has 1 aromatic carbocycles. The quantitative estimate of drug-likeness (QED) is 0.775. The predicted octanol–water partition coefficient (Wildman–Crippen LogP) is 4.07. The van der Waals surface area contributed by atoms with Gasteiger partial charge >= 0.3 is 0 Å². The van der Waals surface area contributed by atoms with E-state index in [9.17, 15) is 0 Å². The molecular formula is C14H14BrN3. The number of aromatic nitrogens is 3. The summed E-state index contributed by atoms with van der Waals surface area (Å²) in [6.45, 7) is 4.40. The minimum absolute atomic E-state index is 0.571. The number of benzene rings is 1. The largest absolute Gasteiger partial charge is 0.344 e. The normalized spacial score (nSPS) is 11.8. The van der Waals surface area contributed by atoms with Crippen LogP contribution in [-0.4, -0.2) is 15.0 Å². The first-order chi connectivity index (χ1) is 8.65. The highest BCUT2D eigenvalue weighted by molar-refractivity contribution is 9.10. The number of hydrogen-bond donors (Lipinski definition) is 1. The van der Waals surface area contributed by atoms with Gasteiger partial charge in [-0.15, -0.1) is 0 Å². The van der Waals surface area contributed by atoms with Crippen LogP contribution in [0.15, 0.2) is 29.0 Å². The summed E-state index contributed by atoms with van der Waals surface area (Å²) in [5.41, 5.74) is 4.17. The van der Waals surface area contributed by atoms with Crippen LogP contribution in [-0.2, 0) is 6.42 Å². The molecule has 0 aliphatic heterocycles. The van der Waals surface area contributed by atoms with Crippen LogP contribution in [0.3, 0.4) is 0 Å². The number of rotatable bonds is 2. The van der Waals surface area contributed by atoms with Crippen molar-refractivity contribution >= 4 is 37.9 Å². The second-order valence-corrected chi connectivity index (χ2v) is 5.86. The molecule has 0 atom stereocenters. The minimum atomic E-state index is 0.571. The van der Waals surface area contributed by atoms with E-state index in [-0.39, 0.29) is 0 Å². The van der Waals surface area contributed by atoms with Gasteiger partial charge in [0, 0.05) is 9.86 Å². The molecule has 0 fully saturated rings. The minimum Gasteiger partial charge on any atom is -0.344 e. The Labute approximate surface area is 114 Å². The predicted molar refractivity (Wildman–Crippen MR) is 77.6 cm³/mol. The molecular weight excluding hydrogens is 290 g/mol. The lowest BCUT2D eigenvalue weighted by atomic mass is 10.0. The Hall–Kier alpha value is -1.42. The summed E-state index contributed by atoms with van der Waals surface area (Å²) < 4.78 is 1.05. The smallest absolute Gasteiger partial charge is 0.110 e. The van der Waals surface area contributed by atoms with Crippen molar-refractivity contribution in [1.82, 2.24) is 15.0 Å². The van der Waals surface area contributed by atoms with Crippen molar-refractivity contribution in [2.45, 2.75) is 20.3 Å². The molecule has 2 heterocycles. The number of halogens is 1. The fourth-order valence-electron chi connectivity index (χ4n) is 2.25. The molecule has 0 aliphatic rings. The van der Waals surface area contributed by atoms with Gasteiger partial charge in [0.1, 0.15) is 5.52 Å². The highest BCUT2D eigenvalue weighted by Gasteiger charge is 2.11. The fourth-order valence-corrected chi connectivity index (χ4v) is 2.60. The summed E-state index contributed by atoms with van der Waals surface area (Å²) in [5, 5.41) is 1.12. The lowest BCUT2D eigenvalue weighted by molar-refractivity contribution is 0.640. The molecule has 18 heavy (non-hydrogen) atoms. The molecule has 0 saturated carbocycles. The molecule has 0 saturated heterocycles. The average molecular weight is 304 g/mol. The molecule has 3 rings (SSSR count). The fraction of sp³-hybridized carbons (Fsp3) is 0.286. The second-order valence-electron chi connectivity index (χ2n) is 4.94. The van der Waals surface area contributed by atoms with Crippen molar-refractivity contribution in [2.24, 2.45) is 5.92 Å². The molecule has 3 aromatic rings. The third-order valence-electron chi connectivity index (χ3n) is 3.00. The second kappa shape index (κ2) is 4.35. The Kier molecular flexibility index (Phi) is 2.82. The van der Waals surface area contributed by atoms with Crippen LogP contribution in [0.5, 0.6) is 0 Å². The van der Waals surface area contributed by atoms with Gasteiger partial charge in [0.15, 0.2) is 0 Å². The first kappa shape index (κ1) is 11.7. The van der Waals surface area contributed by atoms with Gasteiger partial charge in [0.2, 0.25) is 0 Å². The Morgan fingerprint density at radius 3 is 2.94 bits per heavy atom. The van der Waals surface area contributed by atoms with Crippen molar-refractivity contribution in [2.75, 3.05) is 0 Å². The van der Waals surface area contributed by atoms with E-state index in [0.717, 1.165) is 38.5 Å². The van der Waals surface area contributed by atoms with Gasteiger partial charge in [-0.25, -0.2) is 4.98 Å². The van der Waals surface area contributed by atoms with Crippen LogP contribution in [0, 0.1) is 5.92 Å². The molecule has 0 spiro atoms. The highest BCUT2D eigenvalue weighted by atomic mass is 79.9. The monoisotopic (exact) mass is 303 g/mol. The highest BCUT2D eigenvalue weighted by Crippen LogP contribution is 2.27. The third-order valence-corrected chi connectivity index (χ3v) is 3.49. The first-order valence-electron chi connectivity index (χ1n) is 6.06. The first-order valence-corrected chi connectivity index (χ1v) is 6.85. The summed E-state index contributed by atoms with van der Waals surface area (Å²) in [5.74, 6) is 0.571. The average Bonchev–Trinajstić information content (AvgIpc) is 2.77. The van der Waals surface area contributed by atoms with Gasteiger partial charge in [-0.2, -0.15) is 0 Å². The molecule has 4 heteroatoms. The standard InChI is InChI=1S/C14H14BrN3/c1-8(2)5-12-14-13(16-7-17-14)10-4-3-9(15)6-11(10)18-12/h3-4,6-8H,5H2,1-2H3,(H,16,17). The molecule has 3 nitrogen and oxygen atoms in total. The third kappa shape index (κ3) is 1.90. The lowest BCUT2D eigenvalue weighted by Gasteiger charge is -2.07. The maximum atomic E-state index is 4.76. The van der Waals surface area contributed by atoms with Gasteiger partial charge in [-0.05, 0) is 30.5 Å². The zero-order valence-corrected chi connectivity index (χ0v) is 12.0. The Bertz CT molecular complexity index is 715. The molecule has 0 aliphatic carbocycles. The van der Waals surface area contributed by atoms with Gasteiger partial charge < -0.3 is 4.98 Å². The Morgan fingerprint density at radius 2 is 2.17 bits per heavy atom. The van der Waals surface area contributed by atoms with Gasteiger partial charge in [0.05, 0.1) is 23.1 Å². The zero-order chi connectivity index (χ0) is 12.7. The number of hydrogen-bond acceptors (Lipinski definition) is 2. The number of nitrogens with zero attached hydrogens (tertiary/aromatic N) is 2.